The van der Waals surface area contributed by atoms with Crippen molar-refractivity contribution in [2.75, 3.05) is 0 Å². The first-order chi connectivity index (χ1) is 10.0. The van der Waals surface area contributed by atoms with E-state index >= 15 is 0 Å². The van der Waals surface area contributed by atoms with E-state index in [1.54, 1.807) is 11.3 Å². The highest BCUT2D eigenvalue weighted by Crippen LogP contribution is 2.31. The quantitative estimate of drug-likeness (QED) is 0.610. The maximum atomic E-state index is 6.12. The van der Waals surface area contributed by atoms with Crippen LogP contribution in [0.5, 0.6) is 0 Å². The van der Waals surface area contributed by atoms with E-state index < -0.39 is 0 Å². The van der Waals surface area contributed by atoms with Crippen molar-refractivity contribution in [3.8, 4) is 0 Å². The lowest BCUT2D eigenvalue weighted by molar-refractivity contribution is 0.443. The summed E-state index contributed by atoms with van der Waals surface area (Å²) in [5.41, 5.74) is 3.51. The van der Waals surface area contributed by atoms with Crippen LogP contribution in [0, 0.1) is 6.92 Å². The third kappa shape index (κ3) is 2.72. The first-order valence-corrected chi connectivity index (χ1v) is 8.48. The summed E-state index contributed by atoms with van der Waals surface area (Å²) in [6.07, 6.45) is 0. The van der Waals surface area contributed by atoms with Crippen molar-refractivity contribution in [2.45, 2.75) is 38.6 Å². The van der Waals surface area contributed by atoms with Gasteiger partial charge < -0.3 is 4.57 Å². The minimum absolute atomic E-state index is 0.0619. The normalized spacial score (nSPS) is 12.2. The molecule has 0 unspecified atom stereocenters. The lowest BCUT2D eigenvalue weighted by atomic mass is 9.91. The number of nitrogens with zero attached hydrogens (tertiary/aromatic N) is 2. The van der Waals surface area contributed by atoms with Gasteiger partial charge in [0.15, 0.2) is 0 Å². The number of aromatic nitrogens is 2. The average molecular weight is 319 g/mol. The Kier molecular flexibility index (Phi) is 3.80. The Hall–Kier alpha value is -1.32. The van der Waals surface area contributed by atoms with E-state index in [4.69, 9.17) is 11.6 Å². The maximum absolute atomic E-state index is 6.12. The summed E-state index contributed by atoms with van der Waals surface area (Å²) in [6.45, 7) is 7.55. The minimum atomic E-state index is 0.0619. The predicted molar refractivity (Wildman–Crippen MR) is 91.4 cm³/mol. The molecule has 0 atom stereocenters. The minimum Gasteiger partial charge on any atom is -0.326 e. The van der Waals surface area contributed by atoms with Crippen molar-refractivity contribution < 1.29 is 0 Å². The molecule has 1 aromatic carbocycles. The van der Waals surface area contributed by atoms with E-state index in [0.29, 0.717) is 5.88 Å². The maximum Gasteiger partial charge on any atom is 0.124 e. The molecule has 0 N–H and O–H groups in total. The fourth-order valence-corrected chi connectivity index (χ4v) is 3.75. The smallest absolute Gasteiger partial charge is 0.124 e. The number of aryl methyl sites for hydroxylation is 1. The van der Waals surface area contributed by atoms with Crippen LogP contribution in [-0.4, -0.2) is 9.55 Å². The Morgan fingerprint density at radius 3 is 2.76 bits per heavy atom. The molecule has 2 nitrogen and oxygen atoms in total. The Morgan fingerprint density at radius 1 is 1.29 bits per heavy atom. The number of halogens is 1. The molecule has 0 spiro atoms. The number of rotatable bonds is 4. The molecule has 0 aliphatic rings. The van der Waals surface area contributed by atoms with Crippen LogP contribution in [0.3, 0.4) is 0 Å². The standard InChI is InChI=1S/C17H19ClN2S/c1-12-6-7-13-14(9-12)20(16(10-18)19-13)11-17(2,3)15-5-4-8-21-15/h4-9H,10-11H2,1-3H3. The molecule has 0 aliphatic carbocycles. The molecule has 2 aromatic heterocycles. The molecule has 3 aromatic rings. The fraction of sp³-hybridized carbons (Fsp3) is 0.353. The Bertz CT molecular complexity index is 757. The zero-order valence-corrected chi connectivity index (χ0v) is 14.1. The summed E-state index contributed by atoms with van der Waals surface area (Å²) in [4.78, 5) is 6.06. The van der Waals surface area contributed by atoms with Gasteiger partial charge in [0.25, 0.3) is 0 Å². The Balaban J connectivity index is 2.09. The van der Waals surface area contributed by atoms with Gasteiger partial charge >= 0.3 is 0 Å². The second kappa shape index (κ2) is 5.47. The molecular weight excluding hydrogens is 300 g/mol. The molecule has 3 rings (SSSR count). The van der Waals surface area contributed by atoms with Crippen molar-refractivity contribution in [1.29, 1.82) is 0 Å². The van der Waals surface area contributed by atoms with Crippen molar-refractivity contribution in [1.82, 2.24) is 9.55 Å². The van der Waals surface area contributed by atoms with Crippen molar-refractivity contribution >= 4 is 34.0 Å². The lowest BCUT2D eigenvalue weighted by Crippen LogP contribution is -2.24. The van der Waals surface area contributed by atoms with Gasteiger partial charge in [0.1, 0.15) is 5.82 Å². The molecule has 0 bridgehead atoms. The summed E-state index contributed by atoms with van der Waals surface area (Å²) in [6, 6.07) is 10.7. The summed E-state index contributed by atoms with van der Waals surface area (Å²) in [5, 5.41) is 2.13. The van der Waals surface area contributed by atoms with Crippen LogP contribution in [0.25, 0.3) is 11.0 Å². The van der Waals surface area contributed by atoms with E-state index in [1.165, 1.54) is 16.0 Å². The number of imidazole rings is 1. The topological polar surface area (TPSA) is 17.8 Å². The zero-order chi connectivity index (χ0) is 15.0. The molecule has 0 aliphatic heterocycles. The molecule has 0 saturated carbocycles. The second-order valence-corrected chi connectivity index (χ2v) is 7.32. The SMILES string of the molecule is Cc1ccc2nc(CCl)n(CC(C)(C)c3cccs3)c2c1. The van der Waals surface area contributed by atoms with Gasteiger partial charge in [-0.15, -0.1) is 22.9 Å². The van der Waals surface area contributed by atoms with Gasteiger partial charge in [-0.1, -0.05) is 26.0 Å². The second-order valence-electron chi connectivity index (χ2n) is 6.10. The van der Waals surface area contributed by atoms with Crippen LogP contribution in [0.2, 0.25) is 0 Å². The van der Waals surface area contributed by atoms with Gasteiger partial charge in [-0.05, 0) is 36.1 Å². The van der Waals surface area contributed by atoms with Crippen molar-refractivity contribution in [2.24, 2.45) is 0 Å². The highest BCUT2D eigenvalue weighted by atomic mass is 35.5. The van der Waals surface area contributed by atoms with Crippen LogP contribution in [-0.2, 0) is 17.8 Å². The monoisotopic (exact) mass is 318 g/mol. The number of benzene rings is 1. The summed E-state index contributed by atoms with van der Waals surface area (Å²) < 4.78 is 2.27. The molecule has 4 heteroatoms. The predicted octanol–water partition coefficient (Wildman–Crippen LogP) is 5.12. The van der Waals surface area contributed by atoms with Crippen LogP contribution in [0.1, 0.15) is 30.1 Å². The van der Waals surface area contributed by atoms with Crippen LogP contribution < -0.4 is 0 Å². The largest absolute Gasteiger partial charge is 0.326 e. The van der Waals surface area contributed by atoms with Crippen molar-refractivity contribution in [3.05, 3.63) is 52.0 Å². The Labute approximate surface area is 134 Å². The molecule has 0 fully saturated rings. The zero-order valence-electron chi connectivity index (χ0n) is 12.6. The number of fused-ring (bicyclic) bond motifs is 1. The number of alkyl halides is 1. The van der Waals surface area contributed by atoms with Crippen LogP contribution in [0.4, 0.5) is 0 Å². The van der Waals surface area contributed by atoms with Gasteiger partial charge in [0, 0.05) is 16.8 Å². The summed E-state index contributed by atoms with van der Waals surface area (Å²) in [7, 11) is 0. The van der Waals surface area contributed by atoms with E-state index in [2.05, 4.69) is 66.0 Å². The first kappa shape index (κ1) is 14.6. The number of hydrogen-bond donors (Lipinski definition) is 0. The third-order valence-corrected chi connectivity index (χ3v) is 5.32. The lowest BCUT2D eigenvalue weighted by Gasteiger charge is -2.25. The van der Waals surface area contributed by atoms with Gasteiger partial charge in [-0.3, -0.25) is 0 Å². The van der Waals surface area contributed by atoms with Crippen LogP contribution >= 0.6 is 22.9 Å². The molecule has 0 amide bonds. The summed E-state index contributed by atoms with van der Waals surface area (Å²) in [5.74, 6) is 1.38. The van der Waals surface area contributed by atoms with Gasteiger partial charge in [0.2, 0.25) is 0 Å². The summed E-state index contributed by atoms with van der Waals surface area (Å²) >= 11 is 7.92. The molecule has 21 heavy (non-hydrogen) atoms. The van der Waals surface area contributed by atoms with Gasteiger partial charge in [0.05, 0.1) is 16.9 Å². The molecule has 0 radical (unpaired) electrons. The van der Waals surface area contributed by atoms with E-state index in [9.17, 15) is 0 Å². The molecule has 110 valence electrons. The number of hydrogen-bond acceptors (Lipinski definition) is 2. The highest BCUT2D eigenvalue weighted by Gasteiger charge is 2.24. The molecule has 0 saturated heterocycles. The first-order valence-electron chi connectivity index (χ1n) is 7.07. The fourth-order valence-electron chi connectivity index (χ4n) is 2.70. The average Bonchev–Trinajstić information content (AvgIpc) is 3.07. The molecular formula is C17H19ClN2S. The molecule has 2 heterocycles. The Morgan fingerprint density at radius 2 is 2.10 bits per heavy atom. The highest BCUT2D eigenvalue weighted by molar-refractivity contribution is 7.10. The van der Waals surface area contributed by atoms with E-state index in [-0.39, 0.29) is 5.41 Å². The van der Waals surface area contributed by atoms with Crippen LogP contribution in [0.15, 0.2) is 35.7 Å². The van der Waals surface area contributed by atoms with Gasteiger partial charge in [-0.25, -0.2) is 4.98 Å². The van der Waals surface area contributed by atoms with E-state index in [1.807, 2.05) is 0 Å². The number of thiophene rings is 1. The van der Waals surface area contributed by atoms with Crippen molar-refractivity contribution in [3.63, 3.8) is 0 Å². The van der Waals surface area contributed by atoms with E-state index in [0.717, 1.165) is 17.9 Å². The third-order valence-electron chi connectivity index (χ3n) is 3.84. The van der Waals surface area contributed by atoms with Gasteiger partial charge in [-0.2, -0.15) is 0 Å².